The molecule has 0 radical (unpaired) electrons. The molecule has 2 atom stereocenters. The van der Waals surface area contributed by atoms with Crippen LogP contribution in [0.5, 0.6) is 0 Å². The minimum Gasteiger partial charge on any atom is -0.464 e. The second-order valence-electron chi connectivity index (χ2n) is 3.27. The van der Waals surface area contributed by atoms with Crippen LogP contribution in [0.25, 0.3) is 0 Å². The lowest BCUT2D eigenvalue weighted by Gasteiger charge is -2.15. The van der Waals surface area contributed by atoms with Gasteiger partial charge in [0.1, 0.15) is 12.4 Å². The fourth-order valence-corrected chi connectivity index (χ4v) is 1.22. The molecule has 0 saturated heterocycles. The normalized spacial score (nSPS) is 13.8. The number of carbonyl (C=O) groups excluding carboxylic acids is 2. The molecule has 0 aliphatic rings. The molecule has 1 aromatic rings. The predicted octanol–water partition coefficient (Wildman–Crippen LogP) is -0.148. The van der Waals surface area contributed by atoms with Crippen LogP contribution in [0.3, 0.4) is 0 Å². The molecule has 1 heterocycles. The van der Waals surface area contributed by atoms with Gasteiger partial charge in [-0.2, -0.15) is 0 Å². The van der Waals surface area contributed by atoms with Crippen LogP contribution >= 0.6 is 0 Å². The number of aliphatic hydroxyl groups excluding tert-OH is 2. The highest BCUT2D eigenvalue weighted by atomic mass is 16.5. The number of aliphatic hydroxyl groups is 2. The SMILES string of the molecule is CCOC(=O)C(O)C(O)c1cc(C=O)ccn1. The Bertz CT molecular complexity index is 407. The first-order chi connectivity index (χ1) is 8.10. The third-order valence-electron chi connectivity index (χ3n) is 2.07. The zero-order valence-corrected chi connectivity index (χ0v) is 9.24. The molecule has 2 unspecified atom stereocenters. The zero-order chi connectivity index (χ0) is 12.8. The Kier molecular flexibility index (Phi) is 4.74. The van der Waals surface area contributed by atoms with Gasteiger partial charge in [0.2, 0.25) is 0 Å². The van der Waals surface area contributed by atoms with E-state index >= 15 is 0 Å². The Hall–Kier alpha value is -1.79. The van der Waals surface area contributed by atoms with Crippen molar-refractivity contribution in [3.63, 3.8) is 0 Å². The Balaban J connectivity index is 2.83. The summed E-state index contributed by atoms with van der Waals surface area (Å²) in [7, 11) is 0. The van der Waals surface area contributed by atoms with E-state index in [9.17, 15) is 19.8 Å². The molecule has 0 aliphatic heterocycles. The third-order valence-corrected chi connectivity index (χ3v) is 2.07. The monoisotopic (exact) mass is 239 g/mol. The van der Waals surface area contributed by atoms with Gasteiger partial charge in [-0.3, -0.25) is 9.78 Å². The fourth-order valence-electron chi connectivity index (χ4n) is 1.22. The summed E-state index contributed by atoms with van der Waals surface area (Å²) in [6, 6.07) is 2.74. The van der Waals surface area contributed by atoms with Crippen molar-refractivity contribution >= 4 is 12.3 Å². The number of esters is 1. The topological polar surface area (TPSA) is 96.7 Å². The first kappa shape index (κ1) is 13.3. The van der Waals surface area contributed by atoms with Crippen molar-refractivity contribution in [3.05, 3.63) is 29.6 Å². The Morgan fingerprint density at radius 1 is 1.59 bits per heavy atom. The van der Waals surface area contributed by atoms with E-state index in [4.69, 9.17) is 0 Å². The maximum atomic E-state index is 11.2. The van der Waals surface area contributed by atoms with Crippen molar-refractivity contribution in [2.75, 3.05) is 6.61 Å². The summed E-state index contributed by atoms with van der Waals surface area (Å²) in [4.78, 5) is 25.5. The lowest BCUT2D eigenvalue weighted by molar-refractivity contribution is -0.159. The average molecular weight is 239 g/mol. The summed E-state index contributed by atoms with van der Waals surface area (Å²) >= 11 is 0. The molecule has 0 saturated carbocycles. The lowest BCUT2D eigenvalue weighted by atomic mass is 10.1. The first-order valence-corrected chi connectivity index (χ1v) is 5.04. The van der Waals surface area contributed by atoms with E-state index < -0.39 is 18.2 Å². The molecule has 1 rings (SSSR count). The zero-order valence-electron chi connectivity index (χ0n) is 9.24. The maximum Gasteiger partial charge on any atom is 0.338 e. The van der Waals surface area contributed by atoms with Gasteiger partial charge in [0.15, 0.2) is 6.10 Å². The van der Waals surface area contributed by atoms with Gasteiger partial charge in [-0.05, 0) is 19.1 Å². The molecule has 17 heavy (non-hydrogen) atoms. The lowest BCUT2D eigenvalue weighted by Crippen LogP contribution is -2.30. The largest absolute Gasteiger partial charge is 0.464 e. The van der Waals surface area contributed by atoms with Gasteiger partial charge in [-0.15, -0.1) is 0 Å². The van der Waals surface area contributed by atoms with Gasteiger partial charge in [0.05, 0.1) is 12.3 Å². The number of aldehydes is 1. The summed E-state index contributed by atoms with van der Waals surface area (Å²) in [5.41, 5.74) is 0.334. The molecule has 0 bridgehead atoms. The first-order valence-electron chi connectivity index (χ1n) is 5.04. The molecule has 6 nitrogen and oxygen atoms in total. The highest BCUT2D eigenvalue weighted by Crippen LogP contribution is 2.16. The Labute approximate surface area is 97.9 Å². The van der Waals surface area contributed by atoms with Crippen LogP contribution in [0.1, 0.15) is 29.1 Å². The molecule has 0 aliphatic carbocycles. The molecule has 6 heteroatoms. The average Bonchev–Trinajstić information content (AvgIpc) is 2.37. The Morgan fingerprint density at radius 2 is 2.29 bits per heavy atom. The minimum absolute atomic E-state index is 0.0372. The van der Waals surface area contributed by atoms with Crippen LogP contribution in [0.15, 0.2) is 18.3 Å². The maximum absolute atomic E-state index is 11.2. The van der Waals surface area contributed by atoms with Crippen LogP contribution in [-0.2, 0) is 9.53 Å². The standard InChI is InChI=1S/C11H13NO5/c1-2-17-11(16)10(15)9(14)8-5-7(6-13)3-4-12-8/h3-6,9-10,14-15H,2H2,1H3. The second kappa shape index (κ2) is 6.07. The van der Waals surface area contributed by atoms with Gasteiger partial charge in [0, 0.05) is 11.8 Å². The second-order valence-corrected chi connectivity index (χ2v) is 3.27. The van der Waals surface area contributed by atoms with Crippen LogP contribution in [0.2, 0.25) is 0 Å². The minimum atomic E-state index is -1.72. The van der Waals surface area contributed by atoms with Crippen molar-refractivity contribution in [3.8, 4) is 0 Å². The van der Waals surface area contributed by atoms with E-state index in [1.165, 1.54) is 18.3 Å². The van der Waals surface area contributed by atoms with Gasteiger partial charge in [-0.25, -0.2) is 4.79 Å². The molecular formula is C11H13NO5. The summed E-state index contributed by atoms with van der Waals surface area (Å²) in [5, 5.41) is 19.2. The van der Waals surface area contributed by atoms with Crippen molar-refractivity contribution < 1.29 is 24.5 Å². The fraction of sp³-hybridized carbons (Fsp3) is 0.364. The van der Waals surface area contributed by atoms with E-state index in [1.807, 2.05) is 0 Å². The molecule has 2 N–H and O–H groups in total. The van der Waals surface area contributed by atoms with Gasteiger partial charge < -0.3 is 14.9 Å². The number of ether oxygens (including phenoxy) is 1. The van der Waals surface area contributed by atoms with Crippen LogP contribution < -0.4 is 0 Å². The highest BCUT2D eigenvalue weighted by Gasteiger charge is 2.27. The van der Waals surface area contributed by atoms with Crippen molar-refractivity contribution in [1.29, 1.82) is 0 Å². The number of rotatable bonds is 5. The van der Waals surface area contributed by atoms with E-state index in [0.717, 1.165) is 0 Å². The number of carbonyl (C=O) groups is 2. The number of hydrogen-bond donors (Lipinski definition) is 2. The molecule has 0 spiro atoms. The van der Waals surface area contributed by atoms with E-state index in [-0.39, 0.29) is 12.3 Å². The summed E-state index contributed by atoms with van der Waals surface area (Å²) < 4.78 is 4.56. The highest BCUT2D eigenvalue weighted by molar-refractivity contribution is 5.76. The molecule has 1 aromatic heterocycles. The predicted molar refractivity (Wildman–Crippen MR) is 57.2 cm³/mol. The van der Waals surface area contributed by atoms with Crippen LogP contribution in [0, 0.1) is 0 Å². The quantitative estimate of drug-likeness (QED) is 0.548. The molecule has 0 fully saturated rings. The third kappa shape index (κ3) is 3.33. The van der Waals surface area contributed by atoms with Crippen LogP contribution in [0.4, 0.5) is 0 Å². The van der Waals surface area contributed by atoms with E-state index in [0.29, 0.717) is 11.8 Å². The molecular weight excluding hydrogens is 226 g/mol. The smallest absolute Gasteiger partial charge is 0.338 e. The van der Waals surface area contributed by atoms with Gasteiger partial charge in [-0.1, -0.05) is 0 Å². The number of pyridine rings is 1. The van der Waals surface area contributed by atoms with Crippen molar-refractivity contribution in [2.45, 2.75) is 19.1 Å². The Morgan fingerprint density at radius 3 is 2.88 bits per heavy atom. The van der Waals surface area contributed by atoms with E-state index in [2.05, 4.69) is 9.72 Å². The van der Waals surface area contributed by atoms with Crippen molar-refractivity contribution in [2.24, 2.45) is 0 Å². The summed E-state index contributed by atoms with van der Waals surface area (Å²) in [6.45, 7) is 1.69. The number of aromatic nitrogens is 1. The van der Waals surface area contributed by atoms with Gasteiger partial charge in [0.25, 0.3) is 0 Å². The molecule has 0 amide bonds. The number of nitrogens with zero attached hydrogens (tertiary/aromatic N) is 1. The van der Waals surface area contributed by atoms with Gasteiger partial charge >= 0.3 is 5.97 Å². The molecule has 0 aromatic carbocycles. The molecule has 92 valence electrons. The van der Waals surface area contributed by atoms with Crippen LogP contribution in [-0.4, -0.2) is 40.2 Å². The summed E-state index contributed by atoms with van der Waals surface area (Å²) in [6.07, 6.45) is -1.35. The van der Waals surface area contributed by atoms with Crippen molar-refractivity contribution in [1.82, 2.24) is 4.98 Å². The number of hydrogen-bond acceptors (Lipinski definition) is 6. The summed E-state index contributed by atoms with van der Waals surface area (Å²) in [5.74, 6) is -0.932. The van der Waals surface area contributed by atoms with E-state index in [1.54, 1.807) is 6.92 Å².